The Morgan fingerprint density at radius 3 is 1.68 bits per heavy atom. The molecule has 0 saturated carbocycles. The van der Waals surface area contributed by atoms with E-state index in [1.165, 1.54) is 5.56 Å². The molecule has 2 fully saturated rings. The highest BCUT2D eigenvalue weighted by Gasteiger charge is 2.54. The van der Waals surface area contributed by atoms with Gasteiger partial charge in [0.1, 0.15) is 0 Å². The number of likely N-dealkylation sites (tertiary alicyclic amines) is 2. The zero-order chi connectivity index (χ0) is 34.7. The topological polar surface area (TPSA) is 152 Å². The largest absolute Gasteiger partial charge is 0.490 e. The van der Waals surface area contributed by atoms with Crippen molar-refractivity contribution >= 4 is 23.8 Å². The Labute approximate surface area is 244 Å². The first kappa shape index (κ1) is 40.3. The van der Waals surface area contributed by atoms with Crippen LogP contribution in [0.2, 0.25) is 0 Å². The third-order valence-electron chi connectivity index (χ3n) is 6.22. The number of aromatic nitrogens is 1. The molecule has 1 spiro atoms. The number of rotatable bonds is 5. The number of carbonyl (C=O) groups is 4. The number of hydrogen-bond donors (Lipinski definition) is 3. The zero-order valence-corrected chi connectivity index (χ0v) is 23.5. The number of alkyl halides is 9. The number of carbonyl (C=O) groups excluding carboxylic acids is 1. The van der Waals surface area contributed by atoms with E-state index >= 15 is 0 Å². The summed E-state index contributed by atoms with van der Waals surface area (Å²) in [5.74, 6) is -7.46. The van der Waals surface area contributed by atoms with Crippen molar-refractivity contribution in [1.29, 1.82) is 0 Å². The molecule has 2 aliphatic rings. The highest BCUT2D eigenvalue weighted by atomic mass is 19.4. The van der Waals surface area contributed by atoms with Crippen LogP contribution >= 0.6 is 0 Å². The Kier molecular flexibility index (Phi) is 15.0. The highest BCUT2D eigenvalue weighted by molar-refractivity contribution is 5.86. The molecule has 0 aromatic carbocycles. The second kappa shape index (κ2) is 16.4. The summed E-state index contributed by atoms with van der Waals surface area (Å²) in [4.78, 5) is 50.4. The van der Waals surface area contributed by atoms with Crippen LogP contribution in [0, 0.1) is 11.3 Å². The van der Waals surface area contributed by atoms with Crippen LogP contribution in [-0.2, 0) is 25.7 Å². The lowest BCUT2D eigenvalue weighted by Crippen LogP contribution is -2.41. The summed E-state index contributed by atoms with van der Waals surface area (Å²) in [5, 5.41) is 21.4. The summed E-state index contributed by atoms with van der Waals surface area (Å²) < 4.78 is 95.2. The lowest BCUT2D eigenvalue weighted by Gasteiger charge is -2.27. The molecule has 252 valence electrons. The van der Waals surface area contributed by atoms with Crippen molar-refractivity contribution in [2.45, 2.75) is 38.4 Å². The molecule has 44 heavy (non-hydrogen) atoms. The van der Waals surface area contributed by atoms with Crippen LogP contribution in [0.4, 0.5) is 39.5 Å². The molecule has 3 rings (SSSR count). The minimum Gasteiger partial charge on any atom is -0.475 e. The minimum absolute atomic E-state index is 0.153. The van der Waals surface area contributed by atoms with Gasteiger partial charge in [0, 0.05) is 51.7 Å². The van der Waals surface area contributed by atoms with E-state index in [2.05, 4.69) is 52.8 Å². The molecular formula is C24H31F9N4O7. The Hall–Kier alpha value is -3.68. The fraction of sp³-hybridized carbons (Fsp3) is 0.625. The first-order valence-corrected chi connectivity index (χ1v) is 12.3. The SMILES string of the molecule is C[C@H]1CN(Cc2ccncc2)C[C@@]12CCN(CCN(C)C)C2=O.O=C(O)C(F)(F)F.O=C(O)C(F)(F)F.O=C(O)C(F)(F)F. The van der Waals surface area contributed by atoms with Crippen molar-refractivity contribution in [1.82, 2.24) is 19.7 Å². The zero-order valence-electron chi connectivity index (χ0n) is 23.5. The van der Waals surface area contributed by atoms with Crippen LogP contribution in [-0.4, -0.2) is 124 Å². The molecule has 0 unspecified atom stereocenters. The molecule has 11 nitrogen and oxygen atoms in total. The van der Waals surface area contributed by atoms with E-state index in [0.717, 1.165) is 45.7 Å². The molecule has 0 bridgehead atoms. The Bertz CT molecular complexity index is 1040. The maximum atomic E-state index is 13.0. The molecule has 1 aromatic rings. The Morgan fingerprint density at radius 1 is 0.909 bits per heavy atom. The second-order valence-electron chi connectivity index (χ2n) is 9.84. The van der Waals surface area contributed by atoms with Crippen molar-refractivity contribution in [2.24, 2.45) is 11.3 Å². The van der Waals surface area contributed by atoms with Gasteiger partial charge < -0.3 is 25.1 Å². The van der Waals surface area contributed by atoms with Gasteiger partial charge in [0.15, 0.2) is 0 Å². The van der Waals surface area contributed by atoms with Gasteiger partial charge in [-0.1, -0.05) is 6.92 Å². The lowest BCUT2D eigenvalue weighted by atomic mass is 9.78. The number of aliphatic carboxylic acids is 3. The normalized spacial score (nSPS) is 20.2. The maximum absolute atomic E-state index is 13.0. The van der Waals surface area contributed by atoms with Crippen molar-refractivity contribution in [3.05, 3.63) is 30.1 Å². The third-order valence-corrected chi connectivity index (χ3v) is 6.22. The summed E-state index contributed by atoms with van der Waals surface area (Å²) in [7, 11) is 4.12. The Balaban J connectivity index is 0.000000721. The average molecular weight is 659 g/mol. The Morgan fingerprint density at radius 2 is 1.32 bits per heavy atom. The van der Waals surface area contributed by atoms with Crippen LogP contribution < -0.4 is 0 Å². The fourth-order valence-electron chi connectivity index (χ4n) is 4.04. The van der Waals surface area contributed by atoms with Crippen molar-refractivity contribution in [2.75, 3.05) is 46.8 Å². The van der Waals surface area contributed by atoms with Crippen molar-refractivity contribution < 1.29 is 74.0 Å². The number of hydrogen-bond acceptors (Lipinski definition) is 7. The van der Waals surface area contributed by atoms with Crippen LogP contribution in [0.15, 0.2) is 24.5 Å². The summed E-state index contributed by atoms with van der Waals surface area (Å²) in [5.41, 5.74) is 1.12. The van der Waals surface area contributed by atoms with Crippen molar-refractivity contribution in [3.8, 4) is 0 Å². The maximum Gasteiger partial charge on any atom is 0.490 e. The molecule has 1 amide bonds. The van der Waals surface area contributed by atoms with Gasteiger partial charge in [-0.3, -0.25) is 14.7 Å². The quantitative estimate of drug-likeness (QED) is 0.403. The monoisotopic (exact) mass is 658 g/mol. The predicted molar refractivity (Wildman–Crippen MR) is 132 cm³/mol. The number of carboxylic acid groups (broad SMARTS) is 3. The van der Waals surface area contributed by atoms with E-state index in [1.807, 2.05) is 12.4 Å². The molecule has 2 saturated heterocycles. The van der Waals surface area contributed by atoms with Crippen LogP contribution in [0.3, 0.4) is 0 Å². The smallest absolute Gasteiger partial charge is 0.475 e. The summed E-state index contributed by atoms with van der Waals surface area (Å²) in [6, 6.07) is 4.13. The van der Waals surface area contributed by atoms with E-state index in [1.54, 1.807) is 0 Å². The minimum atomic E-state index is -5.08. The first-order valence-electron chi connectivity index (χ1n) is 12.3. The number of carboxylic acids is 3. The first-order chi connectivity index (χ1) is 19.8. The number of nitrogens with zero attached hydrogens (tertiary/aromatic N) is 4. The third kappa shape index (κ3) is 13.7. The second-order valence-corrected chi connectivity index (χ2v) is 9.84. The fourth-order valence-corrected chi connectivity index (χ4v) is 4.04. The molecule has 0 radical (unpaired) electrons. The van der Waals surface area contributed by atoms with Crippen LogP contribution in [0.1, 0.15) is 18.9 Å². The van der Waals surface area contributed by atoms with Gasteiger partial charge in [0.2, 0.25) is 5.91 Å². The number of amides is 1. The molecule has 3 N–H and O–H groups in total. The molecular weight excluding hydrogens is 627 g/mol. The van der Waals surface area contributed by atoms with Crippen LogP contribution in [0.5, 0.6) is 0 Å². The predicted octanol–water partition coefficient (Wildman–Crippen LogP) is 3.21. The highest BCUT2D eigenvalue weighted by Crippen LogP contribution is 2.45. The standard InChI is InChI=1S/C18H28N4O.3C2HF3O2/c1-15-12-21(13-16-4-7-19-8-5-16)14-18(15)6-9-22(17(18)23)11-10-20(2)3;3*3-2(4,5)1(6)7/h4-5,7-8,15H,6,9-14H2,1-3H3;3*(H,6,7)/t15-,18-;;;/m0.../s1. The van der Waals surface area contributed by atoms with Gasteiger partial charge in [0.05, 0.1) is 5.41 Å². The van der Waals surface area contributed by atoms with Gasteiger partial charge in [-0.2, -0.15) is 39.5 Å². The molecule has 1 aromatic heterocycles. The van der Waals surface area contributed by atoms with E-state index in [4.69, 9.17) is 29.7 Å². The molecule has 20 heteroatoms. The van der Waals surface area contributed by atoms with Gasteiger partial charge >= 0.3 is 36.4 Å². The number of likely N-dealkylation sites (N-methyl/N-ethyl adjacent to an activating group) is 1. The molecule has 2 aliphatic heterocycles. The number of pyridine rings is 1. The van der Waals surface area contributed by atoms with E-state index < -0.39 is 36.4 Å². The van der Waals surface area contributed by atoms with E-state index in [9.17, 15) is 44.3 Å². The molecule has 3 heterocycles. The van der Waals surface area contributed by atoms with Crippen molar-refractivity contribution in [3.63, 3.8) is 0 Å². The van der Waals surface area contributed by atoms with Crippen LogP contribution in [0.25, 0.3) is 0 Å². The van der Waals surface area contributed by atoms with E-state index in [-0.39, 0.29) is 5.41 Å². The summed E-state index contributed by atoms with van der Waals surface area (Å²) in [6.45, 7) is 7.78. The van der Waals surface area contributed by atoms with Gasteiger partial charge in [-0.25, -0.2) is 14.4 Å². The van der Waals surface area contributed by atoms with Gasteiger partial charge in [0.25, 0.3) is 0 Å². The van der Waals surface area contributed by atoms with E-state index in [0.29, 0.717) is 11.8 Å². The van der Waals surface area contributed by atoms with Gasteiger partial charge in [-0.15, -0.1) is 0 Å². The molecule has 0 aliphatic carbocycles. The average Bonchev–Trinajstić information content (AvgIpc) is 3.36. The summed E-state index contributed by atoms with van der Waals surface area (Å²) in [6.07, 6.45) is -10.6. The van der Waals surface area contributed by atoms with Gasteiger partial charge in [-0.05, 0) is 44.1 Å². The summed E-state index contributed by atoms with van der Waals surface area (Å²) >= 11 is 0. The number of halogens is 9. The lowest BCUT2D eigenvalue weighted by molar-refractivity contribution is -0.193. The molecule has 2 atom stereocenters.